The molecule has 2 unspecified atom stereocenters. The van der Waals surface area contributed by atoms with Crippen molar-refractivity contribution in [2.24, 2.45) is 0 Å². The first-order valence-electron chi connectivity index (χ1n) is 6.62. The summed E-state index contributed by atoms with van der Waals surface area (Å²) in [7, 11) is 0. The van der Waals surface area contributed by atoms with Crippen LogP contribution < -0.4 is 9.64 Å². The minimum absolute atomic E-state index is 0.0756. The predicted molar refractivity (Wildman–Crippen MR) is 69.9 cm³/mol. The van der Waals surface area contributed by atoms with Crippen LogP contribution in [0.15, 0.2) is 18.2 Å². The number of hydrogen-bond acceptors (Lipinski definition) is 4. The fourth-order valence-corrected chi connectivity index (χ4v) is 3.07. The highest BCUT2D eigenvalue weighted by Crippen LogP contribution is 2.39. The van der Waals surface area contributed by atoms with E-state index in [4.69, 9.17) is 4.74 Å². The summed E-state index contributed by atoms with van der Waals surface area (Å²) >= 11 is 0. The molecular formula is C14H17NO4. The summed E-state index contributed by atoms with van der Waals surface area (Å²) in [6.07, 6.45) is 2.44. The van der Waals surface area contributed by atoms with E-state index in [1.165, 1.54) is 0 Å². The minimum atomic E-state index is -0.981. The van der Waals surface area contributed by atoms with E-state index in [0.29, 0.717) is 18.9 Å². The number of anilines is 1. The van der Waals surface area contributed by atoms with Crippen LogP contribution in [-0.4, -0.2) is 41.5 Å². The van der Waals surface area contributed by atoms with E-state index >= 15 is 0 Å². The second-order valence-corrected chi connectivity index (χ2v) is 5.07. The lowest BCUT2D eigenvalue weighted by Gasteiger charge is -2.37. The number of aliphatic hydroxyl groups is 1. The maximum Gasteiger partial charge on any atom is 0.339 e. The summed E-state index contributed by atoms with van der Waals surface area (Å²) < 4.78 is 5.54. The van der Waals surface area contributed by atoms with Crippen LogP contribution in [0.5, 0.6) is 5.75 Å². The van der Waals surface area contributed by atoms with Crippen molar-refractivity contribution in [3.63, 3.8) is 0 Å². The zero-order chi connectivity index (χ0) is 13.4. The maximum absolute atomic E-state index is 11.2. The van der Waals surface area contributed by atoms with Gasteiger partial charge in [-0.1, -0.05) is 6.07 Å². The molecule has 0 radical (unpaired) electrons. The lowest BCUT2D eigenvalue weighted by molar-refractivity contribution is 0.0691. The van der Waals surface area contributed by atoms with E-state index in [1.807, 2.05) is 6.07 Å². The Labute approximate surface area is 111 Å². The standard InChI is InChI=1S/C14H17NO4/c16-12-6-2-4-10(12)15-7-8-19-13-9(14(17)18)3-1-5-11(13)15/h1,3,5,10,12,16H,2,4,6-8H2,(H,17,18). The van der Waals surface area contributed by atoms with E-state index in [1.54, 1.807) is 12.1 Å². The number of carboxylic acid groups (broad SMARTS) is 1. The van der Waals surface area contributed by atoms with Crippen molar-refractivity contribution in [1.82, 2.24) is 0 Å². The normalized spacial score (nSPS) is 25.8. The van der Waals surface area contributed by atoms with Crippen LogP contribution in [-0.2, 0) is 0 Å². The number of hydrogen-bond donors (Lipinski definition) is 2. The van der Waals surface area contributed by atoms with Gasteiger partial charge in [-0.2, -0.15) is 0 Å². The second kappa shape index (κ2) is 4.74. The van der Waals surface area contributed by atoms with Crippen molar-refractivity contribution in [1.29, 1.82) is 0 Å². The van der Waals surface area contributed by atoms with Crippen LogP contribution in [0.4, 0.5) is 5.69 Å². The second-order valence-electron chi connectivity index (χ2n) is 5.07. The fraction of sp³-hybridized carbons (Fsp3) is 0.500. The van der Waals surface area contributed by atoms with Gasteiger partial charge >= 0.3 is 5.97 Å². The predicted octanol–water partition coefficient (Wildman–Crippen LogP) is 1.50. The number of aromatic carboxylic acids is 1. The Bertz CT molecular complexity index is 502. The number of rotatable bonds is 2. The third-order valence-electron chi connectivity index (χ3n) is 3.96. The lowest BCUT2D eigenvalue weighted by Crippen LogP contribution is -2.45. The Morgan fingerprint density at radius 2 is 2.21 bits per heavy atom. The number of carboxylic acids is 1. The quantitative estimate of drug-likeness (QED) is 0.846. The van der Waals surface area contributed by atoms with Crippen molar-refractivity contribution >= 4 is 11.7 Å². The fourth-order valence-electron chi connectivity index (χ4n) is 3.07. The Morgan fingerprint density at radius 1 is 1.37 bits per heavy atom. The van der Waals surface area contributed by atoms with Crippen molar-refractivity contribution in [2.45, 2.75) is 31.4 Å². The highest BCUT2D eigenvalue weighted by atomic mass is 16.5. The molecule has 1 aliphatic carbocycles. The van der Waals surface area contributed by atoms with Gasteiger partial charge in [-0.15, -0.1) is 0 Å². The molecule has 0 aromatic heterocycles. The summed E-state index contributed by atoms with van der Waals surface area (Å²) in [5.74, 6) is -0.550. The molecule has 0 amide bonds. The highest BCUT2D eigenvalue weighted by molar-refractivity contribution is 5.93. The SMILES string of the molecule is O=C(O)c1cccc2c1OCCN2C1CCCC1O. The van der Waals surface area contributed by atoms with Crippen LogP contribution >= 0.6 is 0 Å². The molecule has 2 N–H and O–H groups in total. The summed E-state index contributed by atoms with van der Waals surface area (Å²) in [4.78, 5) is 13.3. The minimum Gasteiger partial charge on any atom is -0.489 e. The third-order valence-corrected chi connectivity index (χ3v) is 3.96. The molecule has 2 atom stereocenters. The van der Waals surface area contributed by atoms with Crippen molar-refractivity contribution in [3.05, 3.63) is 23.8 Å². The third kappa shape index (κ3) is 2.04. The molecule has 1 fully saturated rings. The van der Waals surface area contributed by atoms with Gasteiger partial charge in [0.15, 0.2) is 5.75 Å². The number of ether oxygens (including phenoxy) is 1. The number of aliphatic hydroxyl groups excluding tert-OH is 1. The Hall–Kier alpha value is -1.75. The summed E-state index contributed by atoms with van der Waals surface area (Å²) in [6, 6.07) is 5.22. The average molecular weight is 263 g/mol. The van der Waals surface area contributed by atoms with E-state index in [-0.39, 0.29) is 17.7 Å². The van der Waals surface area contributed by atoms with Crippen molar-refractivity contribution in [2.75, 3.05) is 18.1 Å². The molecular weight excluding hydrogens is 246 g/mol. The topological polar surface area (TPSA) is 70.0 Å². The highest BCUT2D eigenvalue weighted by Gasteiger charge is 2.34. The smallest absolute Gasteiger partial charge is 0.339 e. The number of fused-ring (bicyclic) bond motifs is 1. The Balaban J connectivity index is 2.00. The van der Waals surface area contributed by atoms with E-state index in [0.717, 1.165) is 24.9 Å². The molecule has 1 aromatic rings. The van der Waals surface area contributed by atoms with Crippen molar-refractivity contribution < 1.29 is 19.7 Å². The molecule has 0 spiro atoms. The van der Waals surface area contributed by atoms with Gasteiger partial charge in [-0.25, -0.2) is 4.79 Å². The summed E-state index contributed by atoms with van der Waals surface area (Å²) in [5, 5.41) is 19.2. The van der Waals surface area contributed by atoms with Gasteiger partial charge in [0.2, 0.25) is 0 Å². The van der Waals surface area contributed by atoms with E-state index in [2.05, 4.69) is 4.90 Å². The maximum atomic E-state index is 11.2. The molecule has 5 nitrogen and oxygen atoms in total. The van der Waals surface area contributed by atoms with Gasteiger partial charge in [0.1, 0.15) is 12.2 Å². The first-order valence-corrected chi connectivity index (χ1v) is 6.62. The number of carbonyl (C=O) groups is 1. The van der Waals surface area contributed by atoms with Gasteiger partial charge in [-0.05, 0) is 31.4 Å². The first-order chi connectivity index (χ1) is 9.18. The number of nitrogens with zero attached hydrogens (tertiary/aromatic N) is 1. The lowest BCUT2D eigenvalue weighted by atomic mass is 10.1. The summed E-state index contributed by atoms with van der Waals surface area (Å²) in [5.41, 5.74) is 0.979. The molecule has 19 heavy (non-hydrogen) atoms. The molecule has 1 aromatic carbocycles. The Kier molecular flexibility index (Phi) is 3.06. The van der Waals surface area contributed by atoms with Gasteiger partial charge in [0.25, 0.3) is 0 Å². The molecule has 0 bridgehead atoms. The van der Waals surface area contributed by atoms with Gasteiger partial charge < -0.3 is 19.8 Å². The van der Waals surface area contributed by atoms with Gasteiger partial charge in [-0.3, -0.25) is 0 Å². The van der Waals surface area contributed by atoms with Gasteiger partial charge in [0, 0.05) is 0 Å². The molecule has 1 aliphatic heterocycles. The first kappa shape index (κ1) is 12.3. The monoisotopic (exact) mass is 263 g/mol. The molecule has 5 heteroatoms. The van der Waals surface area contributed by atoms with Crippen LogP contribution in [0.25, 0.3) is 0 Å². The molecule has 3 rings (SSSR count). The van der Waals surface area contributed by atoms with Crippen LogP contribution in [0.3, 0.4) is 0 Å². The number of benzene rings is 1. The Morgan fingerprint density at radius 3 is 2.89 bits per heavy atom. The van der Waals surface area contributed by atoms with Crippen LogP contribution in [0, 0.1) is 0 Å². The molecule has 1 heterocycles. The van der Waals surface area contributed by atoms with Crippen LogP contribution in [0.1, 0.15) is 29.6 Å². The molecule has 102 valence electrons. The van der Waals surface area contributed by atoms with Gasteiger partial charge in [0.05, 0.1) is 24.4 Å². The largest absolute Gasteiger partial charge is 0.489 e. The number of para-hydroxylation sites is 1. The molecule has 1 saturated carbocycles. The van der Waals surface area contributed by atoms with Crippen LogP contribution in [0.2, 0.25) is 0 Å². The molecule has 2 aliphatic rings. The zero-order valence-electron chi connectivity index (χ0n) is 10.6. The van der Waals surface area contributed by atoms with E-state index < -0.39 is 5.97 Å². The summed E-state index contributed by atoms with van der Waals surface area (Å²) in [6.45, 7) is 1.15. The zero-order valence-corrected chi connectivity index (χ0v) is 10.6. The van der Waals surface area contributed by atoms with E-state index in [9.17, 15) is 15.0 Å². The average Bonchev–Trinajstić information content (AvgIpc) is 2.83. The molecule has 0 saturated heterocycles. The van der Waals surface area contributed by atoms with Crippen molar-refractivity contribution in [3.8, 4) is 5.75 Å².